The Bertz CT molecular complexity index is 127. The molecule has 0 rings (SSSR count). The van der Waals surface area contributed by atoms with Crippen molar-refractivity contribution >= 4 is 11.8 Å². The van der Waals surface area contributed by atoms with Crippen LogP contribution in [0.3, 0.4) is 0 Å². The van der Waals surface area contributed by atoms with Gasteiger partial charge in [0, 0.05) is 11.3 Å². The first-order chi connectivity index (χ1) is 6.60. The molecule has 0 aromatic carbocycles. The lowest BCUT2D eigenvalue weighted by atomic mass is 10.0. The highest BCUT2D eigenvalue weighted by molar-refractivity contribution is 8.00. The minimum Gasteiger partial charge on any atom is -0.393 e. The molecule has 0 fully saturated rings. The Morgan fingerprint density at radius 1 is 1.36 bits per heavy atom. The zero-order valence-electron chi connectivity index (χ0n) is 9.97. The fourth-order valence-electron chi connectivity index (χ4n) is 1.49. The van der Waals surface area contributed by atoms with Crippen molar-refractivity contribution in [3.63, 3.8) is 0 Å². The lowest BCUT2D eigenvalue weighted by Gasteiger charge is -2.30. The van der Waals surface area contributed by atoms with Gasteiger partial charge in [-0.3, -0.25) is 0 Å². The van der Waals surface area contributed by atoms with E-state index in [-0.39, 0.29) is 6.10 Å². The molecule has 14 heavy (non-hydrogen) atoms. The van der Waals surface area contributed by atoms with Gasteiger partial charge in [-0.05, 0) is 39.0 Å². The van der Waals surface area contributed by atoms with Gasteiger partial charge in [-0.25, -0.2) is 0 Å². The molecule has 0 aliphatic carbocycles. The Morgan fingerprint density at radius 3 is 2.29 bits per heavy atom. The van der Waals surface area contributed by atoms with Gasteiger partial charge in [-0.2, -0.15) is 11.8 Å². The van der Waals surface area contributed by atoms with E-state index in [2.05, 4.69) is 25.4 Å². The maximum Gasteiger partial charge on any atom is 0.0524 e. The van der Waals surface area contributed by atoms with E-state index in [0.717, 1.165) is 19.5 Å². The van der Waals surface area contributed by atoms with Gasteiger partial charge in [0.1, 0.15) is 0 Å². The Labute approximate surface area is 92.9 Å². The maximum atomic E-state index is 9.11. The highest BCUT2D eigenvalue weighted by atomic mass is 32.2. The van der Waals surface area contributed by atoms with Crippen LogP contribution in [0.15, 0.2) is 0 Å². The van der Waals surface area contributed by atoms with Gasteiger partial charge in [-0.15, -0.1) is 0 Å². The first-order valence-electron chi connectivity index (χ1n) is 5.54. The third-order valence-electron chi connectivity index (χ3n) is 2.91. The van der Waals surface area contributed by atoms with Gasteiger partial charge < -0.3 is 10.4 Å². The van der Waals surface area contributed by atoms with Gasteiger partial charge in [0.15, 0.2) is 0 Å². The van der Waals surface area contributed by atoms with Gasteiger partial charge in [-0.1, -0.05) is 13.8 Å². The normalized spacial score (nSPS) is 14.4. The van der Waals surface area contributed by atoms with E-state index >= 15 is 0 Å². The van der Waals surface area contributed by atoms with E-state index in [9.17, 15) is 0 Å². The summed E-state index contributed by atoms with van der Waals surface area (Å²) in [6.07, 6.45) is 5.24. The highest BCUT2D eigenvalue weighted by Crippen LogP contribution is 2.29. The number of aliphatic hydroxyl groups is 1. The molecule has 2 N–H and O–H groups in total. The molecule has 1 atom stereocenters. The molecule has 1 unspecified atom stereocenters. The zero-order chi connectivity index (χ0) is 11.0. The van der Waals surface area contributed by atoms with Crippen LogP contribution in [0.4, 0.5) is 0 Å². The Balaban J connectivity index is 3.71. The predicted octanol–water partition coefficient (Wildman–Crippen LogP) is 2.27. The molecule has 0 aromatic heterocycles. The second-order valence-corrected chi connectivity index (χ2v) is 5.18. The zero-order valence-corrected chi connectivity index (χ0v) is 10.8. The number of nitrogens with one attached hydrogen (secondary N) is 1. The Kier molecular flexibility index (Phi) is 7.69. The van der Waals surface area contributed by atoms with Crippen molar-refractivity contribution in [1.29, 1.82) is 0 Å². The van der Waals surface area contributed by atoms with Crippen LogP contribution in [0.5, 0.6) is 0 Å². The van der Waals surface area contributed by atoms with Gasteiger partial charge >= 0.3 is 0 Å². The van der Waals surface area contributed by atoms with Crippen molar-refractivity contribution in [2.75, 3.05) is 19.3 Å². The van der Waals surface area contributed by atoms with Crippen LogP contribution < -0.4 is 5.32 Å². The van der Waals surface area contributed by atoms with E-state index in [1.807, 2.05) is 18.7 Å². The summed E-state index contributed by atoms with van der Waals surface area (Å²) in [5, 5.41) is 12.5. The average Bonchev–Trinajstić information content (AvgIpc) is 2.19. The molecule has 0 heterocycles. The van der Waals surface area contributed by atoms with Crippen LogP contribution >= 0.6 is 11.8 Å². The average molecular weight is 219 g/mol. The van der Waals surface area contributed by atoms with Crippen LogP contribution in [-0.2, 0) is 0 Å². The van der Waals surface area contributed by atoms with E-state index in [4.69, 9.17) is 5.11 Å². The number of aliphatic hydroxyl groups excluding tert-OH is 1. The minimum absolute atomic E-state index is 0.186. The molecule has 86 valence electrons. The van der Waals surface area contributed by atoms with Crippen LogP contribution in [0.1, 0.15) is 40.0 Å². The molecule has 0 amide bonds. The summed E-state index contributed by atoms with van der Waals surface area (Å²) in [6.45, 7) is 8.30. The summed E-state index contributed by atoms with van der Waals surface area (Å²) in [5.41, 5.74) is 0. The summed E-state index contributed by atoms with van der Waals surface area (Å²) >= 11 is 1.95. The van der Waals surface area contributed by atoms with Crippen molar-refractivity contribution in [2.45, 2.75) is 50.9 Å². The monoisotopic (exact) mass is 219 g/mol. The second-order valence-electron chi connectivity index (χ2n) is 3.91. The molecule has 3 heteroatoms. The number of thioether (sulfide) groups is 1. The van der Waals surface area contributed by atoms with Gasteiger partial charge in [0.05, 0.1) is 6.10 Å². The summed E-state index contributed by atoms with van der Waals surface area (Å²) in [6, 6.07) is 0. The van der Waals surface area contributed by atoms with Crippen molar-refractivity contribution in [2.24, 2.45) is 0 Å². The first-order valence-corrected chi connectivity index (χ1v) is 6.76. The largest absolute Gasteiger partial charge is 0.393 e. The van der Waals surface area contributed by atoms with Crippen molar-refractivity contribution in [3.05, 3.63) is 0 Å². The minimum atomic E-state index is -0.186. The fraction of sp³-hybridized carbons (Fsp3) is 1.00. The molecule has 0 aliphatic rings. The van der Waals surface area contributed by atoms with E-state index in [0.29, 0.717) is 4.75 Å². The number of hydrogen-bond donors (Lipinski definition) is 2. The molecule has 0 spiro atoms. The second kappa shape index (κ2) is 7.55. The van der Waals surface area contributed by atoms with Gasteiger partial charge in [0.2, 0.25) is 0 Å². The quantitative estimate of drug-likeness (QED) is 0.614. The Morgan fingerprint density at radius 2 is 1.93 bits per heavy atom. The lowest BCUT2D eigenvalue weighted by Crippen LogP contribution is -2.37. The number of hydrogen-bond acceptors (Lipinski definition) is 3. The molecule has 0 aliphatic heterocycles. The summed E-state index contributed by atoms with van der Waals surface area (Å²) in [7, 11) is 0. The predicted molar refractivity (Wildman–Crippen MR) is 66.0 cm³/mol. The van der Waals surface area contributed by atoms with E-state index in [1.165, 1.54) is 12.8 Å². The summed E-state index contributed by atoms with van der Waals surface area (Å²) in [4.78, 5) is 0. The van der Waals surface area contributed by atoms with Crippen LogP contribution in [0.25, 0.3) is 0 Å². The van der Waals surface area contributed by atoms with Crippen LogP contribution in [0.2, 0.25) is 0 Å². The lowest BCUT2D eigenvalue weighted by molar-refractivity contribution is 0.183. The topological polar surface area (TPSA) is 32.3 Å². The van der Waals surface area contributed by atoms with Crippen LogP contribution in [0, 0.1) is 0 Å². The molecular formula is C11H25NOS. The fourth-order valence-corrected chi connectivity index (χ4v) is 2.31. The molecule has 0 saturated carbocycles. The molecule has 2 nitrogen and oxygen atoms in total. The maximum absolute atomic E-state index is 9.11. The van der Waals surface area contributed by atoms with E-state index < -0.39 is 0 Å². The molecule has 0 bridgehead atoms. The van der Waals surface area contributed by atoms with Crippen LogP contribution in [-0.4, -0.2) is 35.3 Å². The molecule has 0 radical (unpaired) electrons. The summed E-state index contributed by atoms with van der Waals surface area (Å²) < 4.78 is 0.388. The SMILES string of the molecule is CCC(CC)(CNCCC(C)O)SC. The molecular weight excluding hydrogens is 194 g/mol. The molecule has 0 saturated heterocycles. The standard InChI is InChI=1S/C11H25NOS/c1-5-11(6-2,14-4)9-12-8-7-10(3)13/h10,12-13H,5-9H2,1-4H3. The van der Waals surface area contributed by atoms with Gasteiger partial charge in [0.25, 0.3) is 0 Å². The first kappa shape index (κ1) is 14.3. The smallest absolute Gasteiger partial charge is 0.0524 e. The third kappa shape index (κ3) is 5.23. The van der Waals surface area contributed by atoms with Crippen molar-refractivity contribution in [1.82, 2.24) is 5.32 Å². The third-order valence-corrected chi connectivity index (χ3v) is 4.50. The number of rotatable bonds is 8. The summed E-state index contributed by atoms with van der Waals surface area (Å²) in [5.74, 6) is 0. The highest BCUT2D eigenvalue weighted by Gasteiger charge is 2.23. The van der Waals surface area contributed by atoms with Crippen molar-refractivity contribution < 1.29 is 5.11 Å². The molecule has 0 aromatic rings. The Hall–Kier alpha value is 0.270. The van der Waals surface area contributed by atoms with E-state index in [1.54, 1.807) is 0 Å². The van der Waals surface area contributed by atoms with Crippen molar-refractivity contribution in [3.8, 4) is 0 Å².